The second kappa shape index (κ2) is 13.7. The molecule has 2 saturated heterocycles. The molecular formula is C29H40F3N5O5S2. The number of benzene rings is 1. The van der Waals surface area contributed by atoms with E-state index >= 15 is 0 Å². The summed E-state index contributed by atoms with van der Waals surface area (Å²) in [4.78, 5) is 15.7. The van der Waals surface area contributed by atoms with Crippen molar-refractivity contribution in [1.29, 1.82) is 0 Å². The van der Waals surface area contributed by atoms with Crippen molar-refractivity contribution >= 4 is 27.8 Å². The van der Waals surface area contributed by atoms with E-state index in [2.05, 4.69) is 4.90 Å². The predicted molar refractivity (Wildman–Crippen MR) is 161 cm³/mol. The molecule has 5 rings (SSSR count). The van der Waals surface area contributed by atoms with Crippen molar-refractivity contribution in [3.63, 3.8) is 0 Å². The van der Waals surface area contributed by atoms with Gasteiger partial charge in [-0.15, -0.1) is 11.8 Å². The number of halogens is 3. The van der Waals surface area contributed by atoms with E-state index in [-0.39, 0.29) is 31.1 Å². The van der Waals surface area contributed by atoms with Crippen molar-refractivity contribution in [1.82, 2.24) is 23.9 Å². The average molecular weight is 660 g/mol. The number of carboxylic acids is 1. The Hall–Kier alpha value is -2.17. The van der Waals surface area contributed by atoms with E-state index in [0.29, 0.717) is 54.2 Å². The molecule has 244 valence electrons. The van der Waals surface area contributed by atoms with Crippen molar-refractivity contribution in [3.8, 4) is 11.3 Å². The first-order valence-corrected chi connectivity index (χ1v) is 17.9. The molecule has 2 aromatic rings. The van der Waals surface area contributed by atoms with Gasteiger partial charge < -0.3 is 15.1 Å². The number of aliphatic carboxylic acids is 1. The number of aromatic nitrogens is 2. The van der Waals surface area contributed by atoms with E-state index in [0.717, 1.165) is 56.4 Å². The van der Waals surface area contributed by atoms with Gasteiger partial charge in [0.2, 0.25) is 10.0 Å². The van der Waals surface area contributed by atoms with Crippen molar-refractivity contribution in [2.24, 2.45) is 0 Å². The number of piperidine rings is 1. The largest absolute Gasteiger partial charge is 0.480 e. The molecule has 44 heavy (non-hydrogen) atoms. The van der Waals surface area contributed by atoms with Gasteiger partial charge in [0.25, 0.3) is 0 Å². The van der Waals surface area contributed by atoms with Crippen LogP contribution in [0, 0.1) is 0 Å². The molecule has 1 aromatic carbocycles. The molecule has 0 spiro atoms. The van der Waals surface area contributed by atoms with E-state index < -0.39 is 39.9 Å². The molecule has 10 nitrogen and oxygen atoms in total. The monoisotopic (exact) mass is 659 g/mol. The Balaban J connectivity index is 1.44. The molecule has 0 aliphatic carbocycles. The van der Waals surface area contributed by atoms with Crippen LogP contribution < -0.4 is 0 Å². The van der Waals surface area contributed by atoms with Crippen molar-refractivity contribution in [3.05, 3.63) is 35.0 Å². The van der Waals surface area contributed by atoms with Gasteiger partial charge in [0.1, 0.15) is 6.04 Å². The number of sulfonamides is 1. The third-order valence-electron chi connectivity index (χ3n) is 8.72. The fraction of sp³-hybridized carbons (Fsp3) is 0.655. The van der Waals surface area contributed by atoms with Gasteiger partial charge in [-0.3, -0.25) is 14.4 Å². The van der Waals surface area contributed by atoms with Crippen LogP contribution in [-0.2, 0) is 40.5 Å². The second-order valence-electron chi connectivity index (χ2n) is 11.9. The summed E-state index contributed by atoms with van der Waals surface area (Å²) in [5, 5.41) is 25.2. The maximum Gasteiger partial charge on any atom is 0.417 e. The Labute approximate surface area is 260 Å². The van der Waals surface area contributed by atoms with Crippen LogP contribution in [0.4, 0.5) is 13.2 Å². The number of rotatable bonds is 11. The fourth-order valence-corrected chi connectivity index (χ4v) is 8.38. The fourth-order valence-electron chi connectivity index (χ4n) is 6.48. The van der Waals surface area contributed by atoms with E-state index in [9.17, 15) is 36.6 Å². The molecule has 15 heteroatoms. The molecule has 1 aromatic heterocycles. The Bertz CT molecular complexity index is 1450. The zero-order valence-electron chi connectivity index (χ0n) is 24.8. The first-order valence-electron chi connectivity index (χ1n) is 15.1. The number of aliphatic hydroxyl groups is 1. The lowest BCUT2D eigenvalue weighted by Gasteiger charge is -2.27. The molecule has 4 heterocycles. The van der Waals surface area contributed by atoms with Crippen LogP contribution >= 0.6 is 11.8 Å². The summed E-state index contributed by atoms with van der Waals surface area (Å²) in [6, 6.07) is 3.28. The van der Waals surface area contributed by atoms with Gasteiger partial charge in [-0.1, -0.05) is 12.5 Å². The summed E-state index contributed by atoms with van der Waals surface area (Å²) < 4.78 is 69.9. The Morgan fingerprint density at radius 1 is 1.11 bits per heavy atom. The van der Waals surface area contributed by atoms with Crippen LogP contribution in [0.1, 0.15) is 48.9 Å². The first kappa shape index (κ1) is 33.2. The molecule has 3 aliphatic heterocycles. The van der Waals surface area contributed by atoms with Crippen LogP contribution in [0.5, 0.6) is 0 Å². The molecule has 0 radical (unpaired) electrons. The van der Waals surface area contributed by atoms with Crippen LogP contribution in [0.15, 0.2) is 23.1 Å². The molecule has 0 bridgehead atoms. The summed E-state index contributed by atoms with van der Waals surface area (Å²) in [6.45, 7) is 3.56. The number of alkyl halides is 3. The minimum atomic E-state index is -4.54. The van der Waals surface area contributed by atoms with E-state index in [1.54, 1.807) is 9.58 Å². The summed E-state index contributed by atoms with van der Waals surface area (Å²) in [5.74, 6) is -0.428. The zero-order valence-corrected chi connectivity index (χ0v) is 26.4. The second-order valence-corrected chi connectivity index (χ2v) is 15.0. The highest BCUT2D eigenvalue weighted by Crippen LogP contribution is 2.40. The zero-order chi connectivity index (χ0) is 31.6. The molecule has 0 saturated carbocycles. The van der Waals surface area contributed by atoms with E-state index in [4.69, 9.17) is 5.10 Å². The van der Waals surface area contributed by atoms with Crippen molar-refractivity contribution in [2.75, 3.05) is 51.3 Å². The highest BCUT2D eigenvalue weighted by Gasteiger charge is 2.36. The van der Waals surface area contributed by atoms with Gasteiger partial charge in [0.15, 0.2) is 0 Å². The van der Waals surface area contributed by atoms with Crippen LogP contribution in [0.3, 0.4) is 0 Å². The van der Waals surface area contributed by atoms with Gasteiger partial charge >= 0.3 is 12.1 Å². The molecule has 2 N–H and O–H groups in total. The Kier molecular flexibility index (Phi) is 10.3. The smallest absolute Gasteiger partial charge is 0.417 e. The number of hydrogen-bond acceptors (Lipinski definition) is 8. The minimum Gasteiger partial charge on any atom is -0.480 e. The minimum absolute atomic E-state index is 0.0191. The maximum absolute atomic E-state index is 14.0. The van der Waals surface area contributed by atoms with Crippen molar-refractivity contribution in [2.45, 2.75) is 74.8 Å². The van der Waals surface area contributed by atoms with Gasteiger partial charge in [-0.2, -0.15) is 22.6 Å². The van der Waals surface area contributed by atoms with Crippen LogP contribution in [0.2, 0.25) is 0 Å². The molecule has 1 unspecified atom stereocenters. The SMILES string of the molecule is CS(=O)(=O)N1CCc2c(c(-c3ccc(C(F)(F)F)c(SCCN4CCCCC4)c3)nn2CC(O)CN2CCC[C@H]2C(=O)O)C1. The number of β-amino-alcohol motifs (C(OH)–C–C–N with tert-alkyl or cyclic N) is 1. The molecule has 0 amide bonds. The van der Waals surface area contributed by atoms with E-state index in [1.807, 2.05) is 0 Å². The molecule has 2 fully saturated rings. The molecular weight excluding hydrogens is 619 g/mol. The van der Waals surface area contributed by atoms with Gasteiger partial charge in [-0.05, 0) is 57.5 Å². The van der Waals surface area contributed by atoms with Gasteiger partial charge in [0, 0.05) is 60.1 Å². The Morgan fingerprint density at radius 3 is 2.55 bits per heavy atom. The normalized spacial score (nSPS) is 21.4. The van der Waals surface area contributed by atoms with Crippen molar-refractivity contribution < 1.29 is 36.6 Å². The summed E-state index contributed by atoms with van der Waals surface area (Å²) in [6.07, 6.45) is 0.556. The number of aliphatic hydroxyl groups excluding tert-OH is 1. The van der Waals surface area contributed by atoms with Gasteiger partial charge in [0.05, 0.1) is 30.2 Å². The number of thioether (sulfide) groups is 1. The maximum atomic E-state index is 14.0. The average Bonchev–Trinajstić information content (AvgIpc) is 3.57. The number of carbonyl (C=O) groups is 1. The molecule has 2 atom stereocenters. The number of nitrogens with zero attached hydrogens (tertiary/aromatic N) is 5. The number of fused-ring (bicyclic) bond motifs is 1. The lowest BCUT2D eigenvalue weighted by molar-refractivity contribution is -0.142. The van der Waals surface area contributed by atoms with E-state index in [1.165, 1.54) is 22.9 Å². The third-order valence-corrected chi connectivity index (χ3v) is 11.0. The van der Waals surface area contributed by atoms with Crippen LogP contribution in [-0.4, -0.2) is 112 Å². The lowest BCUT2D eigenvalue weighted by atomic mass is 10.0. The number of likely N-dealkylation sites (tertiary alicyclic amines) is 2. The molecule has 3 aliphatic rings. The summed E-state index contributed by atoms with van der Waals surface area (Å²) in [5.41, 5.74) is 1.43. The highest BCUT2D eigenvalue weighted by atomic mass is 32.2. The predicted octanol–water partition coefficient (Wildman–Crippen LogP) is 3.37. The third kappa shape index (κ3) is 7.79. The summed E-state index contributed by atoms with van der Waals surface area (Å²) in [7, 11) is -3.54. The Morgan fingerprint density at radius 2 is 1.86 bits per heavy atom. The number of carboxylic acid groups (broad SMARTS) is 1. The summed E-state index contributed by atoms with van der Waals surface area (Å²) >= 11 is 1.16. The first-order chi connectivity index (χ1) is 20.8. The van der Waals surface area contributed by atoms with Crippen LogP contribution in [0.25, 0.3) is 11.3 Å². The topological polar surface area (TPSA) is 119 Å². The highest BCUT2D eigenvalue weighted by molar-refractivity contribution is 7.99. The quantitative estimate of drug-likeness (QED) is 0.350. The van der Waals surface area contributed by atoms with Gasteiger partial charge in [-0.25, -0.2) is 8.42 Å². The standard InChI is InChI=1S/C29H40F3N5O5S2/c1-44(41,42)36-13-9-24-22(19-36)27(33-37(24)18-21(38)17-35-12-5-6-25(35)28(39)40)20-7-8-23(29(30,31)32)26(16-20)43-15-14-34-10-3-2-4-11-34/h7-8,16,21,25,38H,2-6,9-15,17-19H2,1H3,(H,39,40)/t21?,25-/m0/s1. The lowest BCUT2D eigenvalue weighted by Crippen LogP contribution is -2.42. The number of hydrogen-bond donors (Lipinski definition) is 2.